The number of rotatable bonds is 10. The van der Waals surface area contributed by atoms with Crippen LogP contribution < -0.4 is 5.32 Å². The molecule has 1 aromatic carbocycles. The summed E-state index contributed by atoms with van der Waals surface area (Å²) in [5.74, 6) is 3.32. The number of hydrogen-bond donors (Lipinski definition) is 1. The van der Waals surface area contributed by atoms with Crippen LogP contribution in [0.5, 0.6) is 0 Å². The SMILES string of the molecule is COC(=O)CNC(=O)[C@@]12CC[C@H]3[C@@H]4CC[C@H]([C@H](C)CCCC(C)C)[C@@]4(C)CC[C@@H]3[C@@]1(C)CCC(=O)N2Cc1ccccc1. The molecule has 1 N–H and O–H groups in total. The van der Waals surface area contributed by atoms with Crippen LogP contribution in [0.1, 0.15) is 111 Å². The summed E-state index contributed by atoms with van der Waals surface area (Å²) in [5.41, 5.74) is 0.0455. The van der Waals surface area contributed by atoms with Gasteiger partial charge in [0, 0.05) is 18.4 Å². The maximum absolute atomic E-state index is 14.5. The van der Waals surface area contributed by atoms with Crippen molar-refractivity contribution in [3.05, 3.63) is 35.9 Å². The minimum Gasteiger partial charge on any atom is -0.468 e. The molecular weight excluding hydrogens is 536 g/mol. The summed E-state index contributed by atoms with van der Waals surface area (Å²) in [6.45, 7) is 12.3. The summed E-state index contributed by atoms with van der Waals surface area (Å²) in [6, 6.07) is 10.0. The highest BCUT2D eigenvalue weighted by Crippen LogP contribution is 2.69. The standard InChI is InChI=1S/C37H56N2O4/c1-25(2)11-10-12-26(3)29-15-16-30-28-17-22-37(34(42)38-23-33(41)43-6)36(5,31(28)18-20-35(29,30)4)21-19-32(40)39(37)24-27-13-8-7-9-14-27/h7-9,13-14,25-26,28-31H,10-12,15-24H2,1-6H3,(H,38,42)/t26-,28+,29-,30+,31+,35-,36-,37+/m1/s1. The molecule has 8 atom stereocenters. The Labute approximate surface area is 260 Å². The normalized spacial score (nSPS) is 36.0. The van der Waals surface area contributed by atoms with Crippen molar-refractivity contribution in [2.45, 2.75) is 117 Å². The quantitative estimate of drug-likeness (QED) is 0.293. The van der Waals surface area contributed by atoms with E-state index in [-0.39, 0.29) is 23.8 Å². The molecule has 0 spiro atoms. The lowest BCUT2D eigenvalue weighted by atomic mass is 9.42. The second kappa shape index (κ2) is 12.6. The Morgan fingerprint density at radius 1 is 0.977 bits per heavy atom. The van der Waals surface area contributed by atoms with Crippen LogP contribution >= 0.6 is 0 Å². The van der Waals surface area contributed by atoms with Gasteiger partial charge in [0.1, 0.15) is 12.1 Å². The first-order chi connectivity index (χ1) is 20.5. The van der Waals surface area contributed by atoms with Crippen LogP contribution in [-0.4, -0.2) is 41.9 Å². The predicted octanol–water partition coefficient (Wildman–Crippen LogP) is 7.16. The molecule has 3 saturated carbocycles. The molecule has 0 radical (unpaired) electrons. The molecule has 2 amide bonds. The maximum atomic E-state index is 14.5. The number of fused-ring (bicyclic) bond motifs is 5. The second-order valence-corrected chi connectivity index (χ2v) is 15.4. The van der Waals surface area contributed by atoms with Gasteiger partial charge in [0.2, 0.25) is 11.8 Å². The monoisotopic (exact) mass is 592 g/mol. The zero-order valence-corrected chi connectivity index (χ0v) is 27.6. The van der Waals surface area contributed by atoms with Gasteiger partial charge in [-0.15, -0.1) is 0 Å². The molecule has 0 aromatic heterocycles. The number of esters is 1. The first-order valence-electron chi connectivity index (χ1n) is 17.2. The Kier molecular flexibility index (Phi) is 9.35. The highest BCUT2D eigenvalue weighted by Gasteiger charge is 2.69. The van der Waals surface area contributed by atoms with Gasteiger partial charge in [0.15, 0.2) is 0 Å². The van der Waals surface area contributed by atoms with E-state index < -0.39 is 11.5 Å². The topological polar surface area (TPSA) is 75.7 Å². The molecule has 1 saturated heterocycles. The number of hydrogen-bond acceptors (Lipinski definition) is 4. The number of ether oxygens (including phenoxy) is 1. The van der Waals surface area contributed by atoms with E-state index in [0.717, 1.165) is 42.6 Å². The largest absolute Gasteiger partial charge is 0.468 e. The molecule has 4 aliphatic rings. The molecule has 43 heavy (non-hydrogen) atoms. The molecule has 1 aliphatic heterocycles. The molecule has 1 aromatic rings. The van der Waals surface area contributed by atoms with Gasteiger partial charge in [-0.05, 0) is 91.4 Å². The van der Waals surface area contributed by atoms with Gasteiger partial charge >= 0.3 is 5.97 Å². The van der Waals surface area contributed by atoms with Crippen LogP contribution in [0.4, 0.5) is 0 Å². The average molecular weight is 593 g/mol. The fourth-order valence-electron chi connectivity index (χ4n) is 10.9. The third-order valence-corrected chi connectivity index (χ3v) is 13.0. The summed E-state index contributed by atoms with van der Waals surface area (Å²) in [4.78, 5) is 42.3. The lowest BCUT2D eigenvalue weighted by Crippen LogP contribution is -2.75. The fraction of sp³-hybridized carbons (Fsp3) is 0.757. The van der Waals surface area contributed by atoms with Gasteiger partial charge in [0.25, 0.3) is 0 Å². The van der Waals surface area contributed by atoms with Crippen LogP contribution in [0.3, 0.4) is 0 Å². The zero-order chi connectivity index (χ0) is 31.0. The molecule has 0 unspecified atom stereocenters. The number of likely N-dealkylation sites (tertiary alicyclic amines) is 1. The van der Waals surface area contributed by atoms with Crippen molar-refractivity contribution in [1.29, 1.82) is 0 Å². The Balaban J connectivity index is 1.45. The van der Waals surface area contributed by atoms with Gasteiger partial charge in [-0.1, -0.05) is 84.2 Å². The van der Waals surface area contributed by atoms with Gasteiger partial charge < -0.3 is 15.0 Å². The number of carbonyl (C=O) groups is 3. The molecule has 238 valence electrons. The maximum Gasteiger partial charge on any atom is 0.325 e. The molecule has 6 heteroatoms. The van der Waals surface area contributed by atoms with Crippen LogP contribution in [0.2, 0.25) is 0 Å². The van der Waals surface area contributed by atoms with Crippen LogP contribution in [0.15, 0.2) is 30.3 Å². The van der Waals surface area contributed by atoms with Crippen molar-refractivity contribution in [2.24, 2.45) is 46.3 Å². The number of carbonyl (C=O) groups excluding carboxylic acids is 3. The van der Waals surface area contributed by atoms with Gasteiger partial charge in [-0.2, -0.15) is 0 Å². The molecule has 3 aliphatic carbocycles. The number of methoxy groups -OCH3 is 1. The van der Waals surface area contributed by atoms with Gasteiger partial charge in [-0.3, -0.25) is 14.4 Å². The van der Waals surface area contributed by atoms with Gasteiger partial charge in [0.05, 0.1) is 7.11 Å². The summed E-state index contributed by atoms with van der Waals surface area (Å²) in [5, 5.41) is 2.95. The third kappa shape index (κ3) is 5.54. The van der Waals surface area contributed by atoms with E-state index in [2.05, 4.69) is 39.9 Å². The highest BCUT2D eigenvalue weighted by molar-refractivity contribution is 5.95. The number of amides is 2. The van der Waals surface area contributed by atoms with E-state index >= 15 is 0 Å². The number of nitrogens with zero attached hydrogens (tertiary/aromatic N) is 1. The minimum atomic E-state index is -0.983. The Bertz CT molecular complexity index is 1170. The molecule has 4 fully saturated rings. The molecule has 0 bridgehead atoms. The second-order valence-electron chi connectivity index (χ2n) is 15.4. The lowest BCUT2D eigenvalue weighted by Gasteiger charge is -2.66. The Morgan fingerprint density at radius 2 is 1.72 bits per heavy atom. The lowest BCUT2D eigenvalue weighted by molar-refractivity contribution is -0.198. The number of nitrogens with one attached hydrogen (secondary N) is 1. The van der Waals surface area contributed by atoms with Crippen LogP contribution in [0.25, 0.3) is 0 Å². The first kappa shape index (κ1) is 32.0. The van der Waals surface area contributed by atoms with Gasteiger partial charge in [-0.25, -0.2) is 0 Å². The van der Waals surface area contributed by atoms with Crippen LogP contribution in [-0.2, 0) is 25.7 Å². The van der Waals surface area contributed by atoms with Crippen molar-refractivity contribution >= 4 is 17.8 Å². The Morgan fingerprint density at radius 3 is 2.42 bits per heavy atom. The average Bonchev–Trinajstić information content (AvgIpc) is 3.35. The highest BCUT2D eigenvalue weighted by atomic mass is 16.5. The molecule has 6 nitrogen and oxygen atoms in total. The van der Waals surface area contributed by atoms with Crippen molar-refractivity contribution in [2.75, 3.05) is 13.7 Å². The van der Waals surface area contributed by atoms with E-state index in [9.17, 15) is 14.4 Å². The van der Waals surface area contributed by atoms with E-state index in [1.54, 1.807) is 0 Å². The van der Waals surface area contributed by atoms with Crippen molar-refractivity contribution in [3.8, 4) is 0 Å². The van der Waals surface area contributed by atoms with E-state index in [1.807, 2.05) is 35.2 Å². The van der Waals surface area contributed by atoms with E-state index in [0.29, 0.717) is 42.6 Å². The third-order valence-electron chi connectivity index (χ3n) is 13.0. The molecule has 1 heterocycles. The molecular formula is C37H56N2O4. The van der Waals surface area contributed by atoms with Crippen molar-refractivity contribution < 1.29 is 19.1 Å². The minimum absolute atomic E-state index is 0.0461. The van der Waals surface area contributed by atoms with Crippen molar-refractivity contribution in [3.63, 3.8) is 0 Å². The predicted molar refractivity (Wildman–Crippen MR) is 170 cm³/mol. The fourth-order valence-corrected chi connectivity index (χ4v) is 10.9. The summed E-state index contributed by atoms with van der Waals surface area (Å²) in [6.07, 6.45) is 11.7. The summed E-state index contributed by atoms with van der Waals surface area (Å²) >= 11 is 0. The Hall–Kier alpha value is -2.37. The van der Waals surface area contributed by atoms with E-state index in [1.165, 1.54) is 45.6 Å². The smallest absolute Gasteiger partial charge is 0.325 e. The number of benzene rings is 1. The number of piperidine rings is 1. The molecule has 5 rings (SSSR count). The summed E-state index contributed by atoms with van der Waals surface area (Å²) in [7, 11) is 1.34. The first-order valence-corrected chi connectivity index (χ1v) is 17.2. The van der Waals surface area contributed by atoms with E-state index in [4.69, 9.17) is 4.74 Å². The van der Waals surface area contributed by atoms with Crippen molar-refractivity contribution in [1.82, 2.24) is 10.2 Å². The zero-order valence-electron chi connectivity index (χ0n) is 27.6. The summed E-state index contributed by atoms with van der Waals surface area (Å²) < 4.78 is 4.87. The van der Waals surface area contributed by atoms with Crippen LogP contribution in [0, 0.1) is 46.3 Å².